The van der Waals surface area contributed by atoms with Crippen molar-refractivity contribution in [3.63, 3.8) is 0 Å². The number of fused-ring (bicyclic) bond motifs is 1. The molecule has 25 heavy (non-hydrogen) atoms. The van der Waals surface area contributed by atoms with Crippen molar-refractivity contribution in [2.75, 3.05) is 38.8 Å². The van der Waals surface area contributed by atoms with Crippen LogP contribution in [0.4, 0.5) is 0 Å². The summed E-state index contributed by atoms with van der Waals surface area (Å²) in [5.41, 5.74) is 0.996. The van der Waals surface area contributed by atoms with Gasteiger partial charge in [0.05, 0.1) is 31.8 Å². The van der Waals surface area contributed by atoms with Crippen LogP contribution in [0.1, 0.15) is 12.5 Å². The third-order valence-electron chi connectivity index (χ3n) is 4.99. The van der Waals surface area contributed by atoms with E-state index in [1.807, 2.05) is 12.1 Å². The van der Waals surface area contributed by atoms with E-state index < -0.39 is 9.84 Å². The summed E-state index contributed by atoms with van der Waals surface area (Å²) in [6, 6.07) is 5.24. The molecule has 8 heteroatoms. The number of benzene rings is 1. The maximum Gasteiger partial charge on any atom is 0.219 e. The molecule has 2 fully saturated rings. The molecule has 2 atom stereocenters. The van der Waals surface area contributed by atoms with Crippen molar-refractivity contribution in [3.8, 4) is 11.5 Å². The summed E-state index contributed by atoms with van der Waals surface area (Å²) in [4.78, 5) is 15.7. The van der Waals surface area contributed by atoms with Crippen LogP contribution in [0.3, 0.4) is 0 Å². The van der Waals surface area contributed by atoms with Gasteiger partial charge >= 0.3 is 0 Å². The monoisotopic (exact) mass is 368 g/mol. The summed E-state index contributed by atoms with van der Waals surface area (Å²) in [5, 5.41) is 0. The first-order valence-corrected chi connectivity index (χ1v) is 10.1. The van der Waals surface area contributed by atoms with Gasteiger partial charge in [-0.05, 0) is 17.7 Å². The lowest BCUT2D eigenvalue weighted by atomic mass is 10.0. The molecule has 0 aromatic heterocycles. The molecular formula is C17H24N2O5S. The molecule has 2 aliphatic heterocycles. The van der Waals surface area contributed by atoms with Gasteiger partial charge < -0.3 is 14.4 Å². The van der Waals surface area contributed by atoms with Crippen molar-refractivity contribution in [3.05, 3.63) is 23.8 Å². The van der Waals surface area contributed by atoms with Crippen molar-refractivity contribution >= 4 is 15.7 Å². The molecule has 0 bridgehead atoms. The van der Waals surface area contributed by atoms with Crippen LogP contribution in [0, 0.1) is 0 Å². The largest absolute Gasteiger partial charge is 0.497 e. The van der Waals surface area contributed by atoms with Crippen LogP contribution >= 0.6 is 0 Å². The highest BCUT2D eigenvalue weighted by Crippen LogP contribution is 2.30. The highest BCUT2D eigenvalue weighted by atomic mass is 32.2. The molecule has 1 aromatic rings. The number of ether oxygens (including phenoxy) is 2. The van der Waals surface area contributed by atoms with Crippen LogP contribution < -0.4 is 9.47 Å². The first-order chi connectivity index (χ1) is 11.8. The van der Waals surface area contributed by atoms with Gasteiger partial charge in [-0.1, -0.05) is 0 Å². The molecule has 2 aliphatic rings. The van der Waals surface area contributed by atoms with Gasteiger partial charge in [0.25, 0.3) is 0 Å². The highest BCUT2D eigenvalue weighted by molar-refractivity contribution is 7.91. The van der Waals surface area contributed by atoms with Gasteiger partial charge in [0.2, 0.25) is 5.91 Å². The highest BCUT2D eigenvalue weighted by Gasteiger charge is 2.47. The number of hydrogen-bond donors (Lipinski definition) is 0. The number of amides is 1. The topological polar surface area (TPSA) is 76.2 Å². The number of methoxy groups -OCH3 is 2. The van der Waals surface area contributed by atoms with Crippen LogP contribution in [0.15, 0.2) is 18.2 Å². The maximum atomic E-state index is 12.2. The van der Waals surface area contributed by atoms with E-state index in [1.54, 1.807) is 25.2 Å². The van der Waals surface area contributed by atoms with E-state index in [2.05, 4.69) is 4.90 Å². The lowest BCUT2D eigenvalue weighted by Gasteiger charge is -2.43. The zero-order chi connectivity index (χ0) is 18.2. The fourth-order valence-electron chi connectivity index (χ4n) is 3.80. The second-order valence-electron chi connectivity index (χ2n) is 6.62. The van der Waals surface area contributed by atoms with Gasteiger partial charge in [-0.15, -0.1) is 0 Å². The third kappa shape index (κ3) is 3.74. The number of carbonyl (C=O) groups excluding carboxylic acids is 1. The van der Waals surface area contributed by atoms with E-state index in [-0.39, 0.29) is 29.5 Å². The minimum absolute atomic E-state index is 0.0508. The summed E-state index contributed by atoms with van der Waals surface area (Å²) in [7, 11) is 0.0708. The molecule has 138 valence electrons. The number of sulfone groups is 1. The first-order valence-electron chi connectivity index (χ1n) is 8.26. The maximum absolute atomic E-state index is 12.2. The van der Waals surface area contributed by atoms with Crippen LogP contribution in [-0.2, 0) is 21.2 Å². The van der Waals surface area contributed by atoms with Crippen LogP contribution in [0.25, 0.3) is 0 Å². The van der Waals surface area contributed by atoms with E-state index in [1.165, 1.54) is 6.92 Å². The van der Waals surface area contributed by atoms with E-state index in [0.29, 0.717) is 31.1 Å². The summed E-state index contributed by atoms with van der Waals surface area (Å²) in [5.74, 6) is 1.49. The molecule has 1 amide bonds. The summed E-state index contributed by atoms with van der Waals surface area (Å²) < 4.78 is 34.9. The number of hydrogen-bond acceptors (Lipinski definition) is 6. The minimum Gasteiger partial charge on any atom is -0.497 e. The molecule has 0 aliphatic carbocycles. The SMILES string of the molecule is COc1cc(CN2CCN(C(C)=O)[C@H]3CS(=O)(=O)C[C@H]32)cc(OC)c1. The van der Waals surface area contributed by atoms with Crippen molar-refractivity contribution < 1.29 is 22.7 Å². The Bertz CT molecular complexity index is 742. The fraction of sp³-hybridized carbons (Fsp3) is 0.588. The van der Waals surface area contributed by atoms with Gasteiger partial charge in [0.1, 0.15) is 11.5 Å². The average molecular weight is 368 g/mol. The second-order valence-corrected chi connectivity index (χ2v) is 8.77. The third-order valence-corrected chi connectivity index (χ3v) is 6.69. The molecule has 0 N–H and O–H groups in total. The Morgan fingerprint density at radius 1 is 1.08 bits per heavy atom. The molecular weight excluding hydrogens is 344 g/mol. The Balaban J connectivity index is 1.85. The molecule has 0 radical (unpaired) electrons. The molecule has 0 saturated carbocycles. The lowest BCUT2D eigenvalue weighted by molar-refractivity contribution is -0.134. The number of rotatable bonds is 4. The Morgan fingerprint density at radius 2 is 1.68 bits per heavy atom. The van der Waals surface area contributed by atoms with Crippen molar-refractivity contribution in [1.82, 2.24) is 9.80 Å². The quantitative estimate of drug-likeness (QED) is 0.772. The predicted molar refractivity (Wildman–Crippen MR) is 93.6 cm³/mol. The Labute approximate surface area is 148 Å². The summed E-state index contributed by atoms with van der Waals surface area (Å²) >= 11 is 0. The molecule has 1 aromatic carbocycles. The second kappa shape index (κ2) is 6.84. The molecule has 2 saturated heterocycles. The van der Waals surface area contributed by atoms with E-state index in [9.17, 15) is 13.2 Å². The average Bonchev–Trinajstić information content (AvgIpc) is 2.89. The Hall–Kier alpha value is -1.80. The first kappa shape index (κ1) is 18.0. The normalized spacial score (nSPS) is 25.5. The Kier molecular flexibility index (Phi) is 4.92. The fourth-order valence-corrected chi connectivity index (χ4v) is 5.82. The van der Waals surface area contributed by atoms with Gasteiger partial charge in [-0.25, -0.2) is 8.42 Å². The Morgan fingerprint density at radius 3 is 2.24 bits per heavy atom. The standard InChI is InChI=1S/C17H24N2O5S/c1-12(20)19-5-4-18(16-10-25(21,22)11-17(16)19)9-13-6-14(23-2)8-15(7-13)24-3/h6-8,16-17H,4-5,9-11H2,1-3H3/t16-,17+/m1/s1. The van der Waals surface area contributed by atoms with E-state index in [4.69, 9.17) is 9.47 Å². The van der Waals surface area contributed by atoms with Crippen LogP contribution in [0.5, 0.6) is 11.5 Å². The minimum atomic E-state index is -3.13. The van der Waals surface area contributed by atoms with Gasteiger partial charge in [-0.3, -0.25) is 9.69 Å². The van der Waals surface area contributed by atoms with Crippen molar-refractivity contribution in [2.24, 2.45) is 0 Å². The van der Waals surface area contributed by atoms with Crippen LogP contribution in [-0.4, -0.2) is 75.0 Å². The summed E-state index contributed by atoms with van der Waals surface area (Å²) in [6.45, 7) is 3.30. The van der Waals surface area contributed by atoms with E-state index >= 15 is 0 Å². The molecule has 0 unspecified atom stereocenters. The number of piperazine rings is 1. The smallest absolute Gasteiger partial charge is 0.219 e. The van der Waals surface area contributed by atoms with Crippen LogP contribution in [0.2, 0.25) is 0 Å². The van der Waals surface area contributed by atoms with Gasteiger partial charge in [0, 0.05) is 38.7 Å². The zero-order valence-corrected chi connectivity index (χ0v) is 15.6. The van der Waals surface area contributed by atoms with Gasteiger partial charge in [-0.2, -0.15) is 0 Å². The van der Waals surface area contributed by atoms with Gasteiger partial charge in [0.15, 0.2) is 9.84 Å². The molecule has 3 rings (SSSR count). The zero-order valence-electron chi connectivity index (χ0n) is 14.8. The number of carbonyl (C=O) groups is 1. The molecule has 0 spiro atoms. The molecule has 2 heterocycles. The van der Waals surface area contributed by atoms with E-state index in [0.717, 1.165) is 5.56 Å². The van der Waals surface area contributed by atoms with Crippen molar-refractivity contribution in [2.45, 2.75) is 25.6 Å². The number of nitrogens with zero attached hydrogens (tertiary/aromatic N) is 2. The molecule has 7 nitrogen and oxygen atoms in total. The summed E-state index contributed by atoms with van der Waals surface area (Å²) in [6.07, 6.45) is 0. The lowest BCUT2D eigenvalue weighted by Crippen LogP contribution is -2.59. The predicted octanol–water partition coefficient (Wildman–Crippen LogP) is 0.534. The van der Waals surface area contributed by atoms with Crippen molar-refractivity contribution in [1.29, 1.82) is 0 Å².